The monoisotopic (exact) mass is 290 g/mol. The molecule has 0 spiro atoms. The molecule has 1 amide bonds. The van der Waals surface area contributed by atoms with Crippen LogP contribution in [0.5, 0.6) is 0 Å². The number of pyridine rings is 1. The first-order chi connectivity index (χ1) is 7.04. The van der Waals surface area contributed by atoms with Crippen molar-refractivity contribution in [3.8, 4) is 0 Å². The fourth-order valence-electron chi connectivity index (χ4n) is 1.03. The van der Waals surface area contributed by atoms with E-state index in [2.05, 4.69) is 20.9 Å². The van der Waals surface area contributed by atoms with Crippen molar-refractivity contribution in [1.82, 2.24) is 4.98 Å². The van der Waals surface area contributed by atoms with Crippen LogP contribution in [-0.2, 0) is 11.2 Å². The second-order valence-electron chi connectivity index (χ2n) is 2.84. The third kappa shape index (κ3) is 3.28. The maximum atomic E-state index is 11.3. The predicted molar refractivity (Wildman–Crippen MR) is 60.3 cm³/mol. The Kier molecular flexibility index (Phi) is 4.23. The Morgan fingerprint density at radius 1 is 1.47 bits per heavy atom. The smallest absolute Gasteiger partial charge is 0.223 e. The first kappa shape index (κ1) is 12.1. The van der Waals surface area contributed by atoms with Gasteiger partial charge in [0.25, 0.3) is 0 Å². The van der Waals surface area contributed by atoms with E-state index in [9.17, 15) is 9.59 Å². The molecule has 4 nitrogen and oxygen atoms in total. The van der Waals surface area contributed by atoms with E-state index in [4.69, 9.17) is 17.3 Å². The topological polar surface area (TPSA) is 73.1 Å². The summed E-state index contributed by atoms with van der Waals surface area (Å²) in [5.41, 5.74) is 5.79. The fraction of sp³-hybridized carbons (Fsp3) is 0.222. The van der Waals surface area contributed by atoms with E-state index >= 15 is 0 Å². The Labute approximate surface area is 99.9 Å². The Morgan fingerprint density at radius 3 is 2.60 bits per heavy atom. The molecule has 2 N–H and O–H groups in total. The molecule has 0 bridgehead atoms. The molecule has 0 radical (unpaired) electrons. The first-order valence-electron chi connectivity index (χ1n) is 4.07. The summed E-state index contributed by atoms with van der Waals surface area (Å²) in [4.78, 5) is 25.8. The average molecular weight is 292 g/mol. The van der Waals surface area contributed by atoms with Crippen LogP contribution in [0.4, 0.5) is 0 Å². The van der Waals surface area contributed by atoms with Gasteiger partial charge in [0.2, 0.25) is 5.91 Å². The maximum absolute atomic E-state index is 11.3. The van der Waals surface area contributed by atoms with Crippen molar-refractivity contribution in [3.63, 3.8) is 0 Å². The van der Waals surface area contributed by atoms with E-state index in [0.29, 0.717) is 11.3 Å². The second-order valence-corrected chi connectivity index (χ2v) is 3.76. The van der Waals surface area contributed by atoms with E-state index in [1.807, 2.05) is 0 Å². The van der Waals surface area contributed by atoms with E-state index in [-0.39, 0.29) is 22.7 Å². The van der Waals surface area contributed by atoms with Gasteiger partial charge in [0.1, 0.15) is 5.15 Å². The molecule has 1 aromatic rings. The van der Waals surface area contributed by atoms with Gasteiger partial charge in [-0.05, 0) is 12.1 Å². The molecule has 0 aliphatic heterocycles. The third-order valence-electron chi connectivity index (χ3n) is 1.68. The van der Waals surface area contributed by atoms with Gasteiger partial charge in [0.05, 0.1) is 23.0 Å². The maximum Gasteiger partial charge on any atom is 0.223 e. The molecular formula is C9H8BrClN2O2. The molecule has 0 aliphatic rings. The number of ketones is 1. The zero-order chi connectivity index (χ0) is 11.4. The molecule has 0 unspecified atom stereocenters. The number of halogens is 2. The quantitative estimate of drug-likeness (QED) is 0.517. The molecule has 0 saturated carbocycles. The molecule has 0 fully saturated rings. The van der Waals surface area contributed by atoms with Crippen molar-refractivity contribution in [2.75, 3.05) is 5.33 Å². The van der Waals surface area contributed by atoms with Gasteiger partial charge < -0.3 is 5.73 Å². The predicted octanol–water partition coefficient (Wildman–Crippen LogP) is 1.34. The Bertz CT molecular complexity index is 409. The lowest BCUT2D eigenvalue weighted by Gasteiger charge is -2.02. The third-order valence-corrected chi connectivity index (χ3v) is 2.48. The van der Waals surface area contributed by atoms with Gasteiger partial charge in [-0.3, -0.25) is 9.59 Å². The molecule has 1 aromatic heterocycles. The number of amides is 1. The molecule has 15 heavy (non-hydrogen) atoms. The van der Waals surface area contributed by atoms with Crippen LogP contribution in [0.25, 0.3) is 0 Å². The average Bonchev–Trinajstić information content (AvgIpc) is 2.16. The van der Waals surface area contributed by atoms with Crippen molar-refractivity contribution in [1.29, 1.82) is 0 Å². The van der Waals surface area contributed by atoms with Gasteiger partial charge in [0.15, 0.2) is 5.78 Å². The van der Waals surface area contributed by atoms with Crippen molar-refractivity contribution >= 4 is 39.2 Å². The van der Waals surface area contributed by atoms with Crippen molar-refractivity contribution in [2.24, 2.45) is 5.73 Å². The zero-order valence-corrected chi connectivity index (χ0v) is 10.0. The molecule has 6 heteroatoms. The minimum absolute atomic E-state index is 0.0164. The summed E-state index contributed by atoms with van der Waals surface area (Å²) in [6.45, 7) is 0. The molecule has 0 saturated heterocycles. The van der Waals surface area contributed by atoms with Crippen molar-refractivity contribution < 1.29 is 9.59 Å². The van der Waals surface area contributed by atoms with E-state index in [1.54, 1.807) is 6.07 Å². The normalized spacial score (nSPS) is 10.0. The number of primary amides is 1. The highest BCUT2D eigenvalue weighted by Gasteiger charge is 2.11. The number of nitrogens with two attached hydrogens (primary N) is 1. The van der Waals surface area contributed by atoms with Gasteiger partial charge in [-0.25, -0.2) is 4.98 Å². The van der Waals surface area contributed by atoms with Crippen LogP contribution in [0.3, 0.4) is 0 Å². The van der Waals surface area contributed by atoms with Crippen LogP contribution in [0.2, 0.25) is 5.15 Å². The first-order valence-corrected chi connectivity index (χ1v) is 5.57. The lowest BCUT2D eigenvalue weighted by Crippen LogP contribution is -2.15. The highest BCUT2D eigenvalue weighted by atomic mass is 79.9. The molecule has 0 aliphatic carbocycles. The van der Waals surface area contributed by atoms with Crippen molar-refractivity contribution in [3.05, 3.63) is 28.5 Å². The summed E-state index contributed by atoms with van der Waals surface area (Å²) >= 11 is 8.82. The van der Waals surface area contributed by atoms with Crippen molar-refractivity contribution in [2.45, 2.75) is 6.42 Å². The lowest BCUT2D eigenvalue weighted by atomic mass is 10.2. The van der Waals surface area contributed by atoms with Gasteiger partial charge >= 0.3 is 0 Å². The van der Waals surface area contributed by atoms with Gasteiger partial charge in [0, 0.05) is 0 Å². The van der Waals surface area contributed by atoms with Gasteiger partial charge in [-0.2, -0.15) is 0 Å². The number of hydrogen-bond donors (Lipinski definition) is 1. The summed E-state index contributed by atoms with van der Waals surface area (Å²) < 4.78 is 0. The number of carbonyl (C=O) groups is 2. The summed E-state index contributed by atoms with van der Waals surface area (Å²) in [6, 6.07) is 3.10. The van der Waals surface area contributed by atoms with Crippen LogP contribution < -0.4 is 5.73 Å². The van der Waals surface area contributed by atoms with E-state index in [0.717, 1.165) is 0 Å². The molecule has 0 atom stereocenters. The highest BCUT2D eigenvalue weighted by Crippen LogP contribution is 2.15. The number of hydrogen-bond acceptors (Lipinski definition) is 3. The number of Topliss-reactive ketones (excluding diaryl/α,β-unsaturated/α-hetero) is 1. The van der Waals surface area contributed by atoms with Crippen LogP contribution >= 0.6 is 27.5 Å². The minimum Gasteiger partial charge on any atom is -0.369 e. The standard InChI is InChI=1S/C9H8BrClN2O2/c10-4-7(14)6-2-1-5(3-8(12)15)13-9(6)11/h1-2H,3-4H2,(H2,12,15). The Balaban J connectivity index is 2.97. The molecule has 1 heterocycles. The molecule has 0 aromatic carbocycles. The van der Waals surface area contributed by atoms with Gasteiger partial charge in [-0.1, -0.05) is 27.5 Å². The lowest BCUT2D eigenvalue weighted by molar-refractivity contribution is -0.117. The number of nitrogens with zero attached hydrogens (tertiary/aromatic N) is 1. The van der Waals surface area contributed by atoms with Crippen LogP contribution in [-0.4, -0.2) is 22.0 Å². The molecular weight excluding hydrogens is 283 g/mol. The number of carbonyl (C=O) groups excluding carboxylic acids is 2. The van der Waals surface area contributed by atoms with E-state index < -0.39 is 5.91 Å². The molecule has 80 valence electrons. The number of rotatable bonds is 4. The summed E-state index contributed by atoms with van der Waals surface area (Å²) in [6.07, 6.45) is 0.0164. The fourth-order valence-corrected chi connectivity index (χ4v) is 1.61. The Morgan fingerprint density at radius 2 is 2.13 bits per heavy atom. The summed E-state index contributed by atoms with van der Waals surface area (Å²) in [5, 5.41) is 0.280. The number of alkyl halides is 1. The SMILES string of the molecule is NC(=O)Cc1ccc(C(=O)CBr)c(Cl)n1. The largest absolute Gasteiger partial charge is 0.369 e. The van der Waals surface area contributed by atoms with E-state index in [1.165, 1.54) is 6.07 Å². The van der Waals surface area contributed by atoms with Crippen LogP contribution in [0.15, 0.2) is 12.1 Å². The molecule has 1 rings (SSSR count). The summed E-state index contributed by atoms with van der Waals surface area (Å²) in [5.74, 6) is -0.642. The highest BCUT2D eigenvalue weighted by molar-refractivity contribution is 9.09. The summed E-state index contributed by atoms with van der Waals surface area (Å²) in [7, 11) is 0. The van der Waals surface area contributed by atoms with Crippen LogP contribution in [0, 0.1) is 0 Å². The number of aromatic nitrogens is 1. The van der Waals surface area contributed by atoms with Crippen LogP contribution in [0.1, 0.15) is 16.1 Å². The zero-order valence-electron chi connectivity index (χ0n) is 7.67. The minimum atomic E-state index is -0.488. The second kappa shape index (κ2) is 5.23. The Hall–Kier alpha value is -0.940. The van der Waals surface area contributed by atoms with Gasteiger partial charge in [-0.15, -0.1) is 0 Å².